The Kier molecular flexibility index (Phi) is 4.91. The summed E-state index contributed by atoms with van der Waals surface area (Å²) in [5.41, 5.74) is -1.41. The normalized spacial score (nSPS) is 19.2. The number of hydrogen-bond donors (Lipinski definition) is 2. The molecule has 0 amide bonds. The van der Waals surface area contributed by atoms with Gasteiger partial charge in [-0.1, -0.05) is 0 Å². The number of fused-ring (bicyclic) bond motifs is 2. The highest BCUT2D eigenvalue weighted by atomic mass is 16.2. The minimum Gasteiger partial charge on any atom is -0.317 e. The van der Waals surface area contributed by atoms with Crippen LogP contribution in [-0.2, 0) is 13.1 Å². The fourth-order valence-electron chi connectivity index (χ4n) is 5.05. The van der Waals surface area contributed by atoms with E-state index in [9.17, 15) is 19.2 Å². The van der Waals surface area contributed by atoms with Gasteiger partial charge < -0.3 is 10.6 Å². The lowest BCUT2D eigenvalue weighted by Crippen LogP contribution is -2.35. The molecule has 2 aliphatic rings. The van der Waals surface area contributed by atoms with E-state index in [0.29, 0.717) is 13.1 Å². The zero-order chi connectivity index (χ0) is 20.8. The van der Waals surface area contributed by atoms with E-state index in [-0.39, 0.29) is 55.6 Å². The molecule has 4 heterocycles. The smallest absolute Gasteiger partial charge is 0.261 e. The Morgan fingerprint density at radius 2 is 0.900 bits per heavy atom. The summed E-state index contributed by atoms with van der Waals surface area (Å²) in [4.78, 5) is 51.8. The quantitative estimate of drug-likeness (QED) is 0.623. The molecule has 0 atom stereocenters. The molecular weight excluding hydrogens is 384 g/mol. The van der Waals surface area contributed by atoms with Gasteiger partial charge in [-0.05, 0) is 75.8 Å². The molecular formula is C22H26N4O4. The third kappa shape index (κ3) is 3.15. The van der Waals surface area contributed by atoms with E-state index in [0.717, 1.165) is 51.9 Å². The highest BCUT2D eigenvalue weighted by Crippen LogP contribution is 2.18. The standard InChI is InChI=1S/C22H26N4O4/c27-19-15-9-17-18(22(30)26(21(17)29)12-14-3-7-24-8-4-14)10-16(15)20(28)25(19)11-13-1-5-23-6-2-13/h9-10,13-14,23-24H,1-8,11-12H2. The summed E-state index contributed by atoms with van der Waals surface area (Å²) >= 11 is 0. The summed E-state index contributed by atoms with van der Waals surface area (Å²) in [5, 5.41) is 7.55. The van der Waals surface area contributed by atoms with Gasteiger partial charge in [-0.2, -0.15) is 0 Å². The van der Waals surface area contributed by atoms with Crippen molar-refractivity contribution in [3.8, 4) is 0 Å². The molecule has 158 valence electrons. The van der Waals surface area contributed by atoms with Crippen LogP contribution in [0.4, 0.5) is 0 Å². The van der Waals surface area contributed by atoms with Crippen LogP contribution in [0.15, 0.2) is 31.3 Å². The summed E-state index contributed by atoms with van der Waals surface area (Å²) in [6, 6.07) is 2.94. The van der Waals surface area contributed by atoms with E-state index in [1.807, 2.05) is 0 Å². The number of nitrogens with zero attached hydrogens (tertiary/aromatic N) is 2. The first kappa shape index (κ1) is 19.4. The number of hydrogen-bond acceptors (Lipinski definition) is 6. The van der Waals surface area contributed by atoms with Crippen molar-refractivity contribution in [2.45, 2.75) is 38.8 Å². The van der Waals surface area contributed by atoms with E-state index < -0.39 is 0 Å². The zero-order valence-electron chi connectivity index (χ0n) is 16.9. The molecule has 2 N–H and O–H groups in total. The molecule has 2 aromatic heterocycles. The molecule has 0 unspecified atom stereocenters. The molecule has 3 aromatic rings. The lowest BCUT2D eigenvalue weighted by Gasteiger charge is -2.22. The summed E-state index contributed by atoms with van der Waals surface area (Å²) in [7, 11) is 0. The topological polar surface area (TPSA) is 102 Å². The van der Waals surface area contributed by atoms with Crippen molar-refractivity contribution in [2.75, 3.05) is 26.2 Å². The number of nitrogens with one attached hydrogen (secondary N) is 2. The highest BCUT2D eigenvalue weighted by Gasteiger charge is 2.23. The molecule has 8 heteroatoms. The number of piperidine rings is 2. The Morgan fingerprint density at radius 1 is 0.600 bits per heavy atom. The number of benzene rings is 1. The number of rotatable bonds is 4. The third-order valence-electron chi connectivity index (χ3n) is 6.86. The van der Waals surface area contributed by atoms with Crippen LogP contribution in [0.2, 0.25) is 0 Å². The Balaban J connectivity index is 1.58. The van der Waals surface area contributed by atoms with Crippen molar-refractivity contribution in [3.63, 3.8) is 0 Å². The fourth-order valence-corrected chi connectivity index (χ4v) is 5.05. The summed E-state index contributed by atoms with van der Waals surface area (Å²) in [6.07, 6.45) is 3.69. The van der Waals surface area contributed by atoms with Crippen LogP contribution in [-0.4, -0.2) is 35.3 Å². The van der Waals surface area contributed by atoms with Crippen LogP contribution in [0.5, 0.6) is 0 Å². The van der Waals surface area contributed by atoms with Crippen LogP contribution in [0, 0.1) is 11.8 Å². The van der Waals surface area contributed by atoms with Crippen molar-refractivity contribution in [1.82, 2.24) is 19.8 Å². The Labute approximate surface area is 172 Å². The lowest BCUT2D eigenvalue weighted by molar-refractivity contribution is 0.328. The Hall–Kier alpha value is -2.58. The molecule has 1 aromatic carbocycles. The molecule has 2 aliphatic heterocycles. The molecule has 0 bridgehead atoms. The summed E-state index contributed by atoms with van der Waals surface area (Å²) in [6.45, 7) is 4.33. The van der Waals surface area contributed by atoms with Crippen molar-refractivity contribution >= 4 is 21.5 Å². The second-order valence-electron chi connectivity index (χ2n) is 8.77. The molecule has 8 nitrogen and oxygen atoms in total. The SMILES string of the molecule is O=c1c2cc3c(=O)n(CC4CCNCC4)c(=O)c3cc2c(=O)n1CC1CCNCC1. The van der Waals surface area contributed by atoms with Crippen molar-refractivity contribution in [1.29, 1.82) is 0 Å². The number of aromatic nitrogens is 2. The maximum absolute atomic E-state index is 12.9. The van der Waals surface area contributed by atoms with Crippen LogP contribution >= 0.6 is 0 Å². The third-order valence-corrected chi connectivity index (χ3v) is 6.86. The van der Waals surface area contributed by atoms with Crippen molar-refractivity contribution in [2.24, 2.45) is 11.8 Å². The van der Waals surface area contributed by atoms with Gasteiger partial charge in [0.05, 0.1) is 21.5 Å². The largest absolute Gasteiger partial charge is 0.317 e. The zero-order valence-corrected chi connectivity index (χ0v) is 16.9. The molecule has 0 radical (unpaired) electrons. The predicted molar refractivity (Wildman–Crippen MR) is 116 cm³/mol. The first-order chi connectivity index (χ1) is 14.5. The van der Waals surface area contributed by atoms with Gasteiger partial charge in [0, 0.05) is 13.1 Å². The average molecular weight is 410 g/mol. The highest BCUT2D eigenvalue weighted by molar-refractivity contribution is 5.97. The first-order valence-corrected chi connectivity index (χ1v) is 10.9. The van der Waals surface area contributed by atoms with E-state index in [4.69, 9.17) is 0 Å². The van der Waals surface area contributed by atoms with Gasteiger partial charge in [0.1, 0.15) is 0 Å². The molecule has 0 aliphatic carbocycles. The van der Waals surface area contributed by atoms with Gasteiger partial charge in [0.25, 0.3) is 22.2 Å². The van der Waals surface area contributed by atoms with Gasteiger partial charge in [0.2, 0.25) is 0 Å². The Morgan fingerprint density at radius 3 is 1.20 bits per heavy atom. The van der Waals surface area contributed by atoms with Gasteiger partial charge in [-0.25, -0.2) is 0 Å². The summed E-state index contributed by atoms with van der Waals surface area (Å²) < 4.78 is 2.58. The molecule has 2 saturated heterocycles. The van der Waals surface area contributed by atoms with E-state index in [1.165, 1.54) is 21.3 Å². The second kappa shape index (κ2) is 7.59. The minimum atomic E-state index is -0.353. The molecule has 30 heavy (non-hydrogen) atoms. The van der Waals surface area contributed by atoms with Crippen LogP contribution in [0.25, 0.3) is 21.5 Å². The van der Waals surface area contributed by atoms with Crippen LogP contribution in [0.3, 0.4) is 0 Å². The maximum atomic E-state index is 12.9. The van der Waals surface area contributed by atoms with Gasteiger partial charge in [-0.15, -0.1) is 0 Å². The average Bonchev–Trinajstić information content (AvgIpc) is 3.14. The minimum absolute atomic E-state index is 0.248. The van der Waals surface area contributed by atoms with Gasteiger partial charge in [0.15, 0.2) is 0 Å². The molecule has 5 rings (SSSR count). The van der Waals surface area contributed by atoms with Crippen LogP contribution in [0.1, 0.15) is 25.7 Å². The maximum Gasteiger partial charge on any atom is 0.261 e. The van der Waals surface area contributed by atoms with E-state index in [1.54, 1.807) is 0 Å². The van der Waals surface area contributed by atoms with E-state index in [2.05, 4.69) is 10.6 Å². The van der Waals surface area contributed by atoms with E-state index >= 15 is 0 Å². The first-order valence-electron chi connectivity index (χ1n) is 10.9. The monoisotopic (exact) mass is 410 g/mol. The molecule has 2 fully saturated rings. The van der Waals surface area contributed by atoms with Crippen molar-refractivity contribution < 1.29 is 0 Å². The fraction of sp³-hybridized carbons (Fsp3) is 0.545. The van der Waals surface area contributed by atoms with Gasteiger partial charge >= 0.3 is 0 Å². The van der Waals surface area contributed by atoms with Crippen LogP contribution < -0.4 is 32.9 Å². The summed E-state index contributed by atoms with van der Waals surface area (Å²) in [5.74, 6) is 0.563. The lowest BCUT2D eigenvalue weighted by atomic mass is 9.98. The molecule has 0 saturated carbocycles. The Bertz CT molecular complexity index is 1120. The van der Waals surface area contributed by atoms with Crippen molar-refractivity contribution in [3.05, 3.63) is 53.5 Å². The second-order valence-corrected chi connectivity index (χ2v) is 8.77. The van der Waals surface area contributed by atoms with Gasteiger partial charge in [-0.3, -0.25) is 28.3 Å². The predicted octanol–water partition coefficient (Wildman–Crippen LogP) is -0.0884. The molecule has 0 spiro atoms.